The smallest absolute Gasteiger partial charge is 0.252 e. The van der Waals surface area contributed by atoms with Gasteiger partial charge in [-0.1, -0.05) is 36.4 Å². The number of benzene rings is 2. The van der Waals surface area contributed by atoms with Crippen molar-refractivity contribution in [2.75, 3.05) is 33.4 Å². The molecule has 2 aromatic rings. The number of Topliss-reactive ketones (excluding diaryl/α,β-unsaturated/α-hetero) is 1. The van der Waals surface area contributed by atoms with Gasteiger partial charge in [0.2, 0.25) is 0 Å². The van der Waals surface area contributed by atoms with Crippen LogP contribution in [0, 0.1) is 0 Å². The Labute approximate surface area is 211 Å². The molecule has 188 valence electrons. The van der Waals surface area contributed by atoms with Gasteiger partial charge in [0, 0.05) is 48.0 Å². The molecule has 5 rings (SSSR count). The first kappa shape index (κ1) is 24.1. The summed E-state index contributed by atoms with van der Waals surface area (Å²) in [6, 6.07) is 15.7. The molecule has 2 aliphatic heterocycles. The van der Waals surface area contributed by atoms with E-state index in [0.29, 0.717) is 62.0 Å². The number of hydrogen-bond donors (Lipinski definition) is 1. The highest BCUT2D eigenvalue weighted by Crippen LogP contribution is 2.44. The van der Waals surface area contributed by atoms with Gasteiger partial charge in [0.25, 0.3) is 5.91 Å². The maximum Gasteiger partial charge on any atom is 0.252 e. The minimum Gasteiger partial charge on any atom is -0.493 e. The minimum absolute atomic E-state index is 0.0541. The summed E-state index contributed by atoms with van der Waals surface area (Å²) in [6.45, 7) is 4.46. The molecule has 0 radical (unpaired) electrons. The Bertz CT molecular complexity index is 1210. The summed E-state index contributed by atoms with van der Waals surface area (Å²) >= 11 is 0. The van der Waals surface area contributed by atoms with Crippen LogP contribution in [0.2, 0.25) is 0 Å². The molecular formula is C29H32N2O5. The van der Waals surface area contributed by atoms with Gasteiger partial charge in [0.05, 0.1) is 20.3 Å². The Morgan fingerprint density at radius 3 is 2.61 bits per heavy atom. The van der Waals surface area contributed by atoms with E-state index < -0.39 is 5.92 Å². The Morgan fingerprint density at radius 2 is 1.86 bits per heavy atom. The quantitative estimate of drug-likeness (QED) is 0.660. The summed E-state index contributed by atoms with van der Waals surface area (Å²) in [6.07, 6.45) is 2.10. The summed E-state index contributed by atoms with van der Waals surface area (Å²) in [5, 5.41) is 3.40. The van der Waals surface area contributed by atoms with Crippen LogP contribution in [0.5, 0.6) is 11.5 Å². The monoisotopic (exact) mass is 488 g/mol. The zero-order chi connectivity index (χ0) is 25.1. The van der Waals surface area contributed by atoms with E-state index in [0.717, 1.165) is 35.4 Å². The van der Waals surface area contributed by atoms with E-state index in [2.05, 4.69) is 5.32 Å². The zero-order valence-electron chi connectivity index (χ0n) is 20.8. The number of ketones is 1. The van der Waals surface area contributed by atoms with Crippen LogP contribution >= 0.6 is 0 Å². The van der Waals surface area contributed by atoms with Crippen LogP contribution in [0.15, 0.2) is 71.1 Å². The van der Waals surface area contributed by atoms with Crippen molar-refractivity contribution in [1.29, 1.82) is 0 Å². The second-order valence-electron chi connectivity index (χ2n) is 9.35. The highest BCUT2D eigenvalue weighted by atomic mass is 16.5. The molecule has 7 nitrogen and oxygen atoms in total. The minimum atomic E-state index is -0.457. The molecule has 0 bridgehead atoms. The van der Waals surface area contributed by atoms with Crippen LogP contribution in [0.25, 0.3) is 0 Å². The van der Waals surface area contributed by atoms with E-state index in [9.17, 15) is 9.59 Å². The largest absolute Gasteiger partial charge is 0.493 e. The van der Waals surface area contributed by atoms with Crippen molar-refractivity contribution in [3.63, 3.8) is 0 Å². The summed E-state index contributed by atoms with van der Waals surface area (Å²) in [7, 11) is 1.61. The van der Waals surface area contributed by atoms with Crippen molar-refractivity contribution in [1.82, 2.24) is 10.2 Å². The molecule has 7 heteroatoms. The molecule has 2 heterocycles. The molecule has 1 saturated heterocycles. The van der Waals surface area contributed by atoms with E-state index in [4.69, 9.17) is 14.2 Å². The maximum absolute atomic E-state index is 13.8. The standard InChI is InChI=1S/C29H32N2O5/c1-19-26(29(33)31-13-15-35-16-14-31)27(28-22(30-19)9-6-10-23(28)32)21-11-12-24(25(17-21)34-2)36-18-20-7-4-3-5-8-20/h3-5,7-8,11-12,17,27,30H,6,9-10,13-16,18H2,1-2H3/t27-/m0/s1. The normalized spacial score (nSPS) is 20.1. The molecule has 1 fully saturated rings. The van der Waals surface area contributed by atoms with Gasteiger partial charge in [-0.15, -0.1) is 0 Å². The molecule has 0 aromatic heterocycles. The molecule has 0 spiro atoms. The van der Waals surface area contributed by atoms with Gasteiger partial charge >= 0.3 is 0 Å². The number of carbonyl (C=O) groups is 2. The van der Waals surface area contributed by atoms with Crippen molar-refractivity contribution in [3.05, 3.63) is 82.2 Å². The number of morpholine rings is 1. The first-order valence-corrected chi connectivity index (χ1v) is 12.5. The number of ether oxygens (including phenoxy) is 3. The fourth-order valence-corrected chi connectivity index (χ4v) is 5.26. The van der Waals surface area contributed by atoms with Crippen molar-refractivity contribution in [3.8, 4) is 11.5 Å². The third-order valence-corrected chi connectivity index (χ3v) is 7.06. The molecule has 2 aromatic carbocycles. The van der Waals surface area contributed by atoms with Gasteiger partial charge in [0.1, 0.15) is 6.61 Å². The lowest BCUT2D eigenvalue weighted by molar-refractivity contribution is -0.131. The Kier molecular flexibility index (Phi) is 7.09. The Hall–Kier alpha value is -3.58. The summed E-state index contributed by atoms with van der Waals surface area (Å²) in [5.74, 6) is 0.771. The van der Waals surface area contributed by atoms with Crippen LogP contribution in [-0.2, 0) is 20.9 Å². The van der Waals surface area contributed by atoms with E-state index in [1.54, 1.807) is 7.11 Å². The fourth-order valence-electron chi connectivity index (χ4n) is 5.26. The Balaban J connectivity index is 1.52. The number of nitrogens with one attached hydrogen (secondary N) is 1. The summed E-state index contributed by atoms with van der Waals surface area (Å²) in [5.41, 5.74) is 4.94. The van der Waals surface area contributed by atoms with Crippen LogP contribution in [0.3, 0.4) is 0 Å². The average Bonchev–Trinajstić information content (AvgIpc) is 2.92. The van der Waals surface area contributed by atoms with E-state index in [1.807, 2.05) is 60.4 Å². The van der Waals surface area contributed by atoms with Crippen LogP contribution < -0.4 is 14.8 Å². The first-order chi connectivity index (χ1) is 17.6. The lowest BCUT2D eigenvalue weighted by Crippen LogP contribution is -2.44. The molecule has 1 N–H and O–H groups in total. The molecule has 3 aliphatic rings. The van der Waals surface area contributed by atoms with Gasteiger partial charge in [-0.05, 0) is 43.0 Å². The molecule has 1 aliphatic carbocycles. The lowest BCUT2D eigenvalue weighted by atomic mass is 9.74. The Morgan fingerprint density at radius 1 is 1.08 bits per heavy atom. The van der Waals surface area contributed by atoms with Crippen molar-refractivity contribution >= 4 is 11.7 Å². The van der Waals surface area contributed by atoms with Gasteiger partial charge in [-0.2, -0.15) is 0 Å². The second-order valence-corrected chi connectivity index (χ2v) is 9.35. The van der Waals surface area contributed by atoms with Crippen LogP contribution in [0.4, 0.5) is 0 Å². The van der Waals surface area contributed by atoms with Crippen LogP contribution in [0.1, 0.15) is 43.2 Å². The van der Waals surface area contributed by atoms with Crippen LogP contribution in [-0.4, -0.2) is 50.0 Å². The number of nitrogens with zero attached hydrogens (tertiary/aromatic N) is 1. The lowest BCUT2D eigenvalue weighted by Gasteiger charge is -2.37. The average molecular weight is 489 g/mol. The number of hydrogen-bond acceptors (Lipinski definition) is 6. The number of methoxy groups -OCH3 is 1. The number of amides is 1. The highest BCUT2D eigenvalue weighted by Gasteiger charge is 2.40. The van der Waals surface area contributed by atoms with Gasteiger partial charge in [-0.25, -0.2) is 0 Å². The highest BCUT2D eigenvalue weighted by molar-refractivity contribution is 6.05. The number of rotatable bonds is 6. The van der Waals surface area contributed by atoms with E-state index in [1.165, 1.54) is 0 Å². The maximum atomic E-state index is 13.8. The molecule has 1 amide bonds. The summed E-state index contributed by atoms with van der Waals surface area (Å²) in [4.78, 5) is 28.8. The SMILES string of the molecule is COc1cc([C@H]2C(C(=O)N3CCOCC3)=C(C)NC3=C2C(=O)CCC3)ccc1OCc1ccccc1. The van der Waals surface area contributed by atoms with E-state index in [-0.39, 0.29) is 11.7 Å². The first-order valence-electron chi connectivity index (χ1n) is 12.5. The third-order valence-electron chi connectivity index (χ3n) is 7.06. The van der Waals surface area contributed by atoms with E-state index >= 15 is 0 Å². The predicted octanol–water partition coefficient (Wildman–Crippen LogP) is 4.10. The molecule has 0 saturated carbocycles. The topological polar surface area (TPSA) is 77.1 Å². The van der Waals surface area contributed by atoms with Gasteiger partial charge < -0.3 is 24.4 Å². The van der Waals surface area contributed by atoms with Crippen molar-refractivity contribution in [2.24, 2.45) is 0 Å². The van der Waals surface area contributed by atoms with Gasteiger partial charge in [-0.3, -0.25) is 9.59 Å². The third kappa shape index (κ3) is 4.75. The van der Waals surface area contributed by atoms with Gasteiger partial charge in [0.15, 0.2) is 17.3 Å². The van der Waals surface area contributed by atoms with Crippen molar-refractivity contribution in [2.45, 2.75) is 38.7 Å². The van der Waals surface area contributed by atoms with Crippen molar-refractivity contribution < 1.29 is 23.8 Å². The predicted molar refractivity (Wildman–Crippen MR) is 136 cm³/mol. The number of dihydropyridines is 1. The number of allylic oxidation sites excluding steroid dienone is 3. The molecular weight excluding hydrogens is 456 g/mol. The molecule has 36 heavy (non-hydrogen) atoms. The molecule has 1 atom stereocenters. The fraction of sp³-hybridized carbons (Fsp3) is 0.379. The second kappa shape index (κ2) is 10.6. The zero-order valence-corrected chi connectivity index (χ0v) is 20.8. The number of carbonyl (C=O) groups excluding carboxylic acids is 2. The summed E-state index contributed by atoms with van der Waals surface area (Å²) < 4.78 is 17.2. The molecule has 0 unspecified atom stereocenters.